The quantitative estimate of drug-likeness (QED) is 0.813. The van der Waals surface area contributed by atoms with Crippen molar-refractivity contribution < 1.29 is 14.7 Å². The molecule has 2 N–H and O–H groups in total. The Labute approximate surface area is 110 Å². The molecule has 5 heteroatoms. The molecule has 0 aliphatic rings. The van der Waals surface area contributed by atoms with Gasteiger partial charge in [-0.15, -0.1) is 0 Å². The minimum absolute atomic E-state index is 0.0910. The van der Waals surface area contributed by atoms with Crippen molar-refractivity contribution in [2.75, 3.05) is 7.05 Å². The number of rotatable bonds is 4. The van der Waals surface area contributed by atoms with E-state index in [4.69, 9.17) is 5.11 Å². The van der Waals surface area contributed by atoms with E-state index in [-0.39, 0.29) is 17.0 Å². The monoisotopic (exact) mass is 258 g/mol. The fourth-order valence-electron chi connectivity index (χ4n) is 2.09. The van der Waals surface area contributed by atoms with E-state index in [1.54, 1.807) is 0 Å². The zero-order valence-corrected chi connectivity index (χ0v) is 12.5. The van der Waals surface area contributed by atoms with Crippen LogP contribution in [0, 0.1) is 5.41 Å². The number of aliphatic carboxylic acids is 1. The molecule has 0 aliphatic carbocycles. The summed E-state index contributed by atoms with van der Waals surface area (Å²) >= 11 is 0. The number of urea groups is 1. The average Bonchev–Trinajstić information content (AvgIpc) is 2.10. The van der Waals surface area contributed by atoms with E-state index in [0.717, 1.165) is 6.42 Å². The molecule has 0 saturated carbocycles. The second-order valence-corrected chi connectivity index (χ2v) is 6.68. The van der Waals surface area contributed by atoms with Gasteiger partial charge in [0.2, 0.25) is 0 Å². The SMILES string of the molecule is CC(C(=O)O)N(C)C(=O)NC(C)(C)CC(C)(C)C. The maximum absolute atomic E-state index is 11.9. The van der Waals surface area contributed by atoms with Gasteiger partial charge in [0.25, 0.3) is 0 Å². The molecular formula is C13H26N2O3. The molecular weight excluding hydrogens is 232 g/mol. The van der Waals surface area contributed by atoms with Crippen molar-refractivity contribution in [3.05, 3.63) is 0 Å². The maximum atomic E-state index is 11.9. The van der Waals surface area contributed by atoms with Gasteiger partial charge in [-0.2, -0.15) is 0 Å². The molecule has 106 valence electrons. The number of carbonyl (C=O) groups excluding carboxylic acids is 1. The highest BCUT2D eigenvalue weighted by molar-refractivity contribution is 5.82. The molecule has 1 atom stereocenters. The van der Waals surface area contributed by atoms with Crippen molar-refractivity contribution in [1.29, 1.82) is 0 Å². The van der Waals surface area contributed by atoms with Crippen LogP contribution < -0.4 is 5.32 Å². The van der Waals surface area contributed by atoms with Crippen LogP contribution in [0.2, 0.25) is 0 Å². The molecule has 2 amide bonds. The van der Waals surface area contributed by atoms with Crippen LogP contribution in [0.25, 0.3) is 0 Å². The Kier molecular flexibility index (Phi) is 5.20. The lowest BCUT2D eigenvalue weighted by molar-refractivity contribution is -0.141. The summed E-state index contributed by atoms with van der Waals surface area (Å²) in [5.74, 6) is -1.01. The smallest absolute Gasteiger partial charge is 0.326 e. The Morgan fingerprint density at radius 2 is 1.67 bits per heavy atom. The first kappa shape index (κ1) is 16.7. The number of carboxylic acids is 1. The van der Waals surface area contributed by atoms with E-state index in [1.807, 2.05) is 13.8 Å². The summed E-state index contributed by atoms with van der Waals surface area (Å²) in [7, 11) is 1.49. The minimum Gasteiger partial charge on any atom is -0.480 e. The second kappa shape index (κ2) is 5.59. The number of hydrogen-bond donors (Lipinski definition) is 2. The summed E-state index contributed by atoms with van der Waals surface area (Å²) in [5.41, 5.74) is -0.282. The Morgan fingerprint density at radius 3 is 2.00 bits per heavy atom. The van der Waals surface area contributed by atoms with Gasteiger partial charge in [-0.25, -0.2) is 9.59 Å². The van der Waals surface area contributed by atoms with Crippen LogP contribution in [0.5, 0.6) is 0 Å². The second-order valence-electron chi connectivity index (χ2n) is 6.68. The minimum atomic E-state index is -1.01. The van der Waals surface area contributed by atoms with Crippen LogP contribution in [0.1, 0.15) is 48.0 Å². The van der Waals surface area contributed by atoms with Gasteiger partial charge in [-0.05, 0) is 32.6 Å². The lowest BCUT2D eigenvalue weighted by Gasteiger charge is -2.35. The summed E-state index contributed by atoms with van der Waals surface area (Å²) in [4.78, 5) is 24.0. The van der Waals surface area contributed by atoms with Gasteiger partial charge in [0, 0.05) is 12.6 Å². The first-order valence-electron chi connectivity index (χ1n) is 6.13. The van der Waals surface area contributed by atoms with E-state index < -0.39 is 12.0 Å². The topological polar surface area (TPSA) is 69.6 Å². The lowest BCUT2D eigenvalue weighted by atomic mass is 9.82. The van der Waals surface area contributed by atoms with Crippen molar-refractivity contribution in [1.82, 2.24) is 10.2 Å². The van der Waals surface area contributed by atoms with Gasteiger partial charge in [0.1, 0.15) is 6.04 Å². The normalized spacial score (nSPS) is 13.9. The predicted octanol–water partition coefficient (Wildman–Crippen LogP) is 2.32. The zero-order chi connectivity index (χ0) is 14.7. The number of carbonyl (C=O) groups is 2. The van der Waals surface area contributed by atoms with Gasteiger partial charge < -0.3 is 15.3 Å². The van der Waals surface area contributed by atoms with Crippen LogP contribution >= 0.6 is 0 Å². The fraction of sp³-hybridized carbons (Fsp3) is 0.846. The standard InChI is InChI=1S/C13H26N2O3/c1-9(10(16)17)15(7)11(18)14-13(5,6)8-12(2,3)4/h9H,8H2,1-7H3,(H,14,18)(H,16,17). The van der Waals surface area contributed by atoms with Crippen LogP contribution in [-0.2, 0) is 4.79 Å². The highest BCUT2D eigenvalue weighted by atomic mass is 16.4. The van der Waals surface area contributed by atoms with Gasteiger partial charge in [-0.3, -0.25) is 0 Å². The number of hydrogen-bond acceptors (Lipinski definition) is 2. The van der Waals surface area contributed by atoms with Crippen LogP contribution in [-0.4, -0.2) is 40.6 Å². The molecule has 1 unspecified atom stereocenters. The molecule has 0 spiro atoms. The van der Waals surface area contributed by atoms with Crippen LogP contribution in [0.4, 0.5) is 4.79 Å². The molecule has 0 radical (unpaired) electrons. The highest BCUT2D eigenvalue weighted by Crippen LogP contribution is 2.26. The third kappa shape index (κ3) is 5.89. The molecule has 0 aromatic carbocycles. The molecule has 0 aliphatic heterocycles. The Balaban J connectivity index is 4.60. The number of amides is 2. The summed E-state index contributed by atoms with van der Waals surface area (Å²) < 4.78 is 0. The number of nitrogens with zero attached hydrogens (tertiary/aromatic N) is 1. The Bertz CT molecular complexity index is 319. The molecule has 0 bridgehead atoms. The van der Waals surface area contributed by atoms with Crippen molar-refractivity contribution in [3.63, 3.8) is 0 Å². The van der Waals surface area contributed by atoms with E-state index in [1.165, 1.54) is 18.9 Å². The summed E-state index contributed by atoms with van der Waals surface area (Å²) in [6, 6.07) is -1.20. The Hall–Kier alpha value is -1.26. The predicted molar refractivity (Wildman–Crippen MR) is 71.5 cm³/mol. The number of nitrogens with one attached hydrogen (secondary N) is 1. The van der Waals surface area contributed by atoms with Gasteiger partial charge >= 0.3 is 12.0 Å². The van der Waals surface area contributed by atoms with E-state index in [9.17, 15) is 9.59 Å². The summed E-state index contributed by atoms with van der Waals surface area (Å²) in [6.45, 7) is 11.7. The molecule has 0 aromatic rings. The van der Waals surface area contributed by atoms with Crippen molar-refractivity contribution in [3.8, 4) is 0 Å². The largest absolute Gasteiger partial charge is 0.480 e. The third-order valence-electron chi connectivity index (χ3n) is 2.68. The summed E-state index contributed by atoms with van der Waals surface area (Å²) in [6.07, 6.45) is 0.807. The molecule has 0 heterocycles. The first-order chi connectivity index (χ1) is 7.86. The molecule has 5 nitrogen and oxygen atoms in total. The van der Waals surface area contributed by atoms with E-state index >= 15 is 0 Å². The van der Waals surface area contributed by atoms with Gasteiger partial charge in [0.05, 0.1) is 0 Å². The molecule has 0 fully saturated rings. The lowest BCUT2D eigenvalue weighted by Crippen LogP contribution is -2.53. The van der Waals surface area contributed by atoms with Crippen molar-refractivity contribution in [2.45, 2.75) is 59.5 Å². The van der Waals surface area contributed by atoms with Crippen molar-refractivity contribution >= 4 is 12.0 Å². The van der Waals surface area contributed by atoms with Gasteiger partial charge in [0.15, 0.2) is 0 Å². The zero-order valence-electron chi connectivity index (χ0n) is 12.5. The Morgan fingerprint density at radius 1 is 1.22 bits per heavy atom. The van der Waals surface area contributed by atoms with Crippen LogP contribution in [0.15, 0.2) is 0 Å². The maximum Gasteiger partial charge on any atom is 0.326 e. The molecule has 18 heavy (non-hydrogen) atoms. The molecule has 0 rings (SSSR count). The first-order valence-corrected chi connectivity index (χ1v) is 6.13. The van der Waals surface area contributed by atoms with Gasteiger partial charge in [-0.1, -0.05) is 20.8 Å². The molecule has 0 saturated heterocycles. The average molecular weight is 258 g/mol. The van der Waals surface area contributed by atoms with Crippen molar-refractivity contribution in [2.24, 2.45) is 5.41 Å². The summed E-state index contributed by atoms with van der Waals surface area (Å²) in [5, 5.41) is 11.7. The number of likely N-dealkylation sites (N-methyl/N-ethyl adjacent to an activating group) is 1. The van der Waals surface area contributed by atoms with E-state index in [0.29, 0.717) is 0 Å². The van der Waals surface area contributed by atoms with Crippen LogP contribution in [0.3, 0.4) is 0 Å². The number of carboxylic acid groups (broad SMARTS) is 1. The third-order valence-corrected chi connectivity index (χ3v) is 2.68. The fourth-order valence-corrected chi connectivity index (χ4v) is 2.09. The highest BCUT2D eigenvalue weighted by Gasteiger charge is 2.30. The molecule has 0 aromatic heterocycles. The van der Waals surface area contributed by atoms with E-state index in [2.05, 4.69) is 26.1 Å².